The first-order valence-corrected chi connectivity index (χ1v) is 10.9. The maximum atomic E-state index is 12.9. The lowest BCUT2D eigenvalue weighted by Crippen LogP contribution is -2.42. The van der Waals surface area contributed by atoms with Crippen LogP contribution in [0.1, 0.15) is 29.6 Å². The van der Waals surface area contributed by atoms with E-state index in [4.69, 9.17) is 9.26 Å². The third kappa shape index (κ3) is 3.81. The van der Waals surface area contributed by atoms with Crippen LogP contribution in [-0.2, 0) is 27.7 Å². The maximum absolute atomic E-state index is 12.9. The predicted molar refractivity (Wildman–Crippen MR) is 96.8 cm³/mol. The van der Waals surface area contributed by atoms with Crippen molar-refractivity contribution in [2.45, 2.75) is 30.9 Å². The van der Waals surface area contributed by atoms with Gasteiger partial charge in [0.2, 0.25) is 10.0 Å². The molecule has 0 unspecified atom stereocenters. The van der Waals surface area contributed by atoms with Crippen LogP contribution in [0.4, 0.5) is 0 Å². The summed E-state index contributed by atoms with van der Waals surface area (Å²) in [5.74, 6) is 0.853. The van der Waals surface area contributed by atoms with Gasteiger partial charge in [-0.3, -0.25) is 4.68 Å². The van der Waals surface area contributed by atoms with Crippen molar-refractivity contribution < 1.29 is 17.7 Å². The Kier molecular flexibility index (Phi) is 5.08. The maximum Gasteiger partial charge on any atom is 0.257 e. The molecule has 144 valence electrons. The first kappa shape index (κ1) is 18.3. The summed E-state index contributed by atoms with van der Waals surface area (Å²) >= 11 is 1.62. The van der Waals surface area contributed by atoms with Gasteiger partial charge in [0.25, 0.3) is 5.89 Å². The standard InChI is InChI=1S/C16H19N5O4S2/c1-2-20-10-13(9-17-20)27(22,23)21-5-6-24-14(11-21)16-18-15(19-25-16)8-12-4-3-7-26-12/h3-4,7,9-10,14H,2,5-6,8,11H2,1H3/t14-/m1/s1. The molecule has 4 rings (SSSR count). The lowest BCUT2D eigenvalue weighted by Gasteiger charge is -2.29. The second kappa shape index (κ2) is 7.50. The molecule has 9 nitrogen and oxygen atoms in total. The molecule has 4 heterocycles. The van der Waals surface area contributed by atoms with E-state index in [0.717, 1.165) is 4.88 Å². The molecular formula is C16H19N5O4S2. The molecule has 0 bridgehead atoms. The fourth-order valence-corrected chi connectivity index (χ4v) is 4.91. The van der Waals surface area contributed by atoms with Crippen molar-refractivity contribution >= 4 is 21.4 Å². The zero-order valence-electron chi connectivity index (χ0n) is 14.7. The summed E-state index contributed by atoms with van der Waals surface area (Å²) in [7, 11) is -3.64. The number of aromatic nitrogens is 4. The molecule has 1 saturated heterocycles. The molecule has 1 aliphatic heterocycles. The average molecular weight is 409 g/mol. The van der Waals surface area contributed by atoms with E-state index < -0.39 is 16.1 Å². The van der Waals surface area contributed by atoms with Gasteiger partial charge in [0, 0.05) is 37.1 Å². The van der Waals surface area contributed by atoms with Crippen molar-refractivity contribution in [3.05, 3.63) is 46.5 Å². The molecule has 1 fully saturated rings. The van der Waals surface area contributed by atoms with Crippen LogP contribution in [0.5, 0.6) is 0 Å². The molecule has 0 saturated carbocycles. The van der Waals surface area contributed by atoms with Crippen molar-refractivity contribution in [2.24, 2.45) is 0 Å². The van der Waals surface area contributed by atoms with Gasteiger partial charge < -0.3 is 9.26 Å². The Labute approximate surface area is 160 Å². The Hall–Kier alpha value is -2.08. The van der Waals surface area contributed by atoms with Gasteiger partial charge in [0.1, 0.15) is 4.90 Å². The Bertz CT molecular complexity index is 996. The van der Waals surface area contributed by atoms with E-state index in [9.17, 15) is 8.42 Å². The molecule has 1 aliphatic rings. The smallest absolute Gasteiger partial charge is 0.257 e. The Morgan fingerprint density at radius 2 is 2.30 bits per heavy atom. The average Bonchev–Trinajstić information content (AvgIpc) is 3.44. The van der Waals surface area contributed by atoms with Crippen LogP contribution in [0.3, 0.4) is 0 Å². The number of morpholine rings is 1. The number of nitrogens with zero attached hydrogens (tertiary/aromatic N) is 5. The van der Waals surface area contributed by atoms with Crippen molar-refractivity contribution in [1.82, 2.24) is 24.2 Å². The number of thiophene rings is 1. The molecule has 3 aromatic rings. The van der Waals surface area contributed by atoms with Crippen LogP contribution in [0.25, 0.3) is 0 Å². The third-order valence-electron chi connectivity index (χ3n) is 4.27. The second-order valence-electron chi connectivity index (χ2n) is 6.06. The number of rotatable bonds is 6. The van der Waals surface area contributed by atoms with Gasteiger partial charge in [-0.25, -0.2) is 8.42 Å². The summed E-state index contributed by atoms with van der Waals surface area (Å²) in [5, 5.41) is 10.0. The number of ether oxygens (including phenoxy) is 1. The molecule has 0 radical (unpaired) electrons. The van der Waals surface area contributed by atoms with Crippen LogP contribution in [0.2, 0.25) is 0 Å². The summed E-state index contributed by atoms with van der Waals surface area (Å²) in [6.45, 7) is 3.16. The quantitative estimate of drug-likeness (QED) is 0.610. The highest BCUT2D eigenvalue weighted by Gasteiger charge is 2.34. The zero-order valence-corrected chi connectivity index (χ0v) is 16.3. The van der Waals surface area contributed by atoms with Gasteiger partial charge in [-0.05, 0) is 18.4 Å². The van der Waals surface area contributed by atoms with E-state index in [1.807, 2.05) is 24.4 Å². The minimum Gasteiger partial charge on any atom is -0.366 e. The lowest BCUT2D eigenvalue weighted by atomic mass is 10.3. The number of aryl methyl sites for hydroxylation is 1. The molecule has 0 aliphatic carbocycles. The largest absolute Gasteiger partial charge is 0.366 e. The molecule has 11 heteroatoms. The molecule has 0 aromatic carbocycles. The zero-order chi connectivity index (χ0) is 18.9. The Balaban J connectivity index is 1.48. The monoisotopic (exact) mass is 409 g/mol. The van der Waals surface area contributed by atoms with Crippen molar-refractivity contribution in [3.8, 4) is 0 Å². The Morgan fingerprint density at radius 1 is 1.41 bits per heavy atom. The van der Waals surface area contributed by atoms with Crippen molar-refractivity contribution in [1.29, 1.82) is 0 Å². The van der Waals surface area contributed by atoms with Gasteiger partial charge in [0.05, 0.1) is 12.8 Å². The van der Waals surface area contributed by atoms with Crippen LogP contribution in [-0.4, -0.2) is 52.3 Å². The minimum atomic E-state index is -3.64. The molecule has 0 spiro atoms. The predicted octanol–water partition coefficient (Wildman–Crippen LogP) is 1.70. The third-order valence-corrected chi connectivity index (χ3v) is 6.97. The lowest BCUT2D eigenvalue weighted by molar-refractivity contribution is -0.0199. The van der Waals surface area contributed by atoms with Crippen LogP contribution in [0, 0.1) is 0 Å². The summed E-state index contributed by atoms with van der Waals surface area (Å²) in [4.78, 5) is 5.69. The molecule has 0 N–H and O–H groups in total. The molecule has 1 atom stereocenters. The summed E-state index contributed by atoms with van der Waals surface area (Å²) in [5.41, 5.74) is 0. The second-order valence-corrected chi connectivity index (χ2v) is 9.03. The van der Waals surface area contributed by atoms with Crippen molar-refractivity contribution in [2.75, 3.05) is 19.7 Å². The fraction of sp³-hybridized carbons (Fsp3) is 0.438. The fourth-order valence-electron chi connectivity index (χ4n) is 2.83. The number of hydrogen-bond donors (Lipinski definition) is 0. The first-order chi connectivity index (χ1) is 13.1. The van der Waals surface area contributed by atoms with Crippen molar-refractivity contribution in [3.63, 3.8) is 0 Å². The summed E-state index contributed by atoms with van der Waals surface area (Å²) in [6, 6.07) is 3.97. The highest BCUT2D eigenvalue weighted by molar-refractivity contribution is 7.89. The minimum absolute atomic E-state index is 0.125. The molecular weight excluding hydrogens is 390 g/mol. The van der Waals surface area contributed by atoms with Gasteiger partial charge in [0.15, 0.2) is 11.9 Å². The number of hydrogen-bond acceptors (Lipinski definition) is 8. The topological polar surface area (TPSA) is 103 Å². The normalized spacial score (nSPS) is 18.8. The van der Waals surface area contributed by atoms with E-state index in [-0.39, 0.29) is 24.6 Å². The number of sulfonamides is 1. The van der Waals surface area contributed by atoms with E-state index in [1.165, 1.54) is 16.7 Å². The highest BCUT2D eigenvalue weighted by Crippen LogP contribution is 2.26. The van der Waals surface area contributed by atoms with E-state index in [2.05, 4.69) is 15.2 Å². The summed E-state index contributed by atoms with van der Waals surface area (Å²) in [6.07, 6.45) is 2.90. The van der Waals surface area contributed by atoms with Crippen LogP contribution < -0.4 is 0 Å². The first-order valence-electron chi connectivity index (χ1n) is 8.55. The molecule has 3 aromatic heterocycles. The summed E-state index contributed by atoms with van der Waals surface area (Å²) < 4.78 is 39.7. The van der Waals surface area contributed by atoms with E-state index >= 15 is 0 Å². The van der Waals surface area contributed by atoms with E-state index in [0.29, 0.717) is 24.7 Å². The van der Waals surface area contributed by atoms with Gasteiger partial charge in [-0.15, -0.1) is 11.3 Å². The highest BCUT2D eigenvalue weighted by atomic mass is 32.2. The van der Waals surface area contributed by atoms with Gasteiger partial charge >= 0.3 is 0 Å². The van der Waals surface area contributed by atoms with Crippen LogP contribution in [0.15, 0.2) is 39.3 Å². The SMILES string of the molecule is CCn1cc(S(=O)(=O)N2CCO[C@@H](c3nc(Cc4cccs4)no3)C2)cn1. The Morgan fingerprint density at radius 3 is 3.04 bits per heavy atom. The van der Waals surface area contributed by atoms with Crippen LogP contribution >= 0.6 is 11.3 Å². The van der Waals surface area contributed by atoms with Gasteiger partial charge in [-0.2, -0.15) is 14.4 Å². The van der Waals surface area contributed by atoms with Gasteiger partial charge in [-0.1, -0.05) is 11.2 Å². The molecule has 27 heavy (non-hydrogen) atoms. The molecule has 0 amide bonds. The van der Waals surface area contributed by atoms with E-state index in [1.54, 1.807) is 16.0 Å².